The van der Waals surface area contributed by atoms with Crippen molar-refractivity contribution in [2.45, 2.75) is 25.8 Å². The molecule has 1 atom stereocenters. The summed E-state index contributed by atoms with van der Waals surface area (Å²) in [5.74, 6) is 1.39. The number of nitrogens with one attached hydrogen (secondary N) is 1. The van der Waals surface area contributed by atoms with Crippen LogP contribution in [0.1, 0.15) is 19.8 Å². The van der Waals surface area contributed by atoms with Crippen molar-refractivity contribution in [3.8, 4) is 5.88 Å². The van der Waals surface area contributed by atoms with Crippen LogP contribution in [0.2, 0.25) is 0 Å². The summed E-state index contributed by atoms with van der Waals surface area (Å²) in [6.45, 7) is 3.00. The molecule has 6 heteroatoms. The lowest BCUT2D eigenvalue weighted by molar-refractivity contribution is 0.288. The van der Waals surface area contributed by atoms with Crippen molar-refractivity contribution >= 4 is 11.8 Å². The second-order valence-electron chi connectivity index (χ2n) is 4.44. The SMILES string of the molecule is CCC[C@@H](CNc1cc(OC)nc(N)n1)N(C)C. The van der Waals surface area contributed by atoms with Crippen molar-refractivity contribution in [2.75, 3.05) is 38.8 Å². The van der Waals surface area contributed by atoms with Gasteiger partial charge in [-0.3, -0.25) is 0 Å². The molecule has 0 aliphatic heterocycles. The van der Waals surface area contributed by atoms with Crippen LogP contribution in [0.15, 0.2) is 6.07 Å². The summed E-state index contributed by atoms with van der Waals surface area (Å²) in [7, 11) is 5.72. The topological polar surface area (TPSA) is 76.3 Å². The molecule has 1 aromatic rings. The van der Waals surface area contributed by atoms with E-state index >= 15 is 0 Å². The van der Waals surface area contributed by atoms with Gasteiger partial charge in [0.25, 0.3) is 0 Å². The van der Waals surface area contributed by atoms with Crippen molar-refractivity contribution in [1.82, 2.24) is 14.9 Å². The molecule has 6 nitrogen and oxygen atoms in total. The van der Waals surface area contributed by atoms with Crippen LogP contribution >= 0.6 is 0 Å². The Morgan fingerprint density at radius 3 is 2.72 bits per heavy atom. The lowest BCUT2D eigenvalue weighted by Gasteiger charge is -2.24. The molecule has 18 heavy (non-hydrogen) atoms. The number of hydrogen-bond donors (Lipinski definition) is 2. The van der Waals surface area contributed by atoms with Gasteiger partial charge in [-0.1, -0.05) is 13.3 Å². The number of ether oxygens (including phenoxy) is 1. The Bertz CT molecular complexity index is 369. The van der Waals surface area contributed by atoms with Crippen molar-refractivity contribution < 1.29 is 4.74 Å². The van der Waals surface area contributed by atoms with Gasteiger partial charge in [0.2, 0.25) is 11.8 Å². The minimum atomic E-state index is 0.216. The summed E-state index contributed by atoms with van der Waals surface area (Å²) in [5.41, 5.74) is 5.61. The van der Waals surface area contributed by atoms with Gasteiger partial charge in [-0.05, 0) is 20.5 Å². The zero-order chi connectivity index (χ0) is 13.5. The van der Waals surface area contributed by atoms with E-state index in [0.29, 0.717) is 17.7 Å². The maximum Gasteiger partial charge on any atom is 0.225 e. The number of likely N-dealkylation sites (N-methyl/N-ethyl adjacent to an activating group) is 1. The van der Waals surface area contributed by atoms with Crippen molar-refractivity contribution in [3.05, 3.63) is 6.07 Å². The van der Waals surface area contributed by atoms with Gasteiger partial charge in [0.15, 0.2) is 0 Å². The first-order valence-corrected chi connectivity index (χ1v) is 6.15. The second-order valence-corrected chi connectivity index (χ2v) is 4.44. The third-order valence-corrected chi connectivity index (χ3v) is 2.80. The quantitative estimate of drug-likeness (QED) is 0.760. The summed E-state index contributed by atoms with van der Waals surface area (Å²) >= 11 is 0. The van der Waals surface area contributed by atoms with Crippen LogP contribution in [0.4, 0.5) is 11.8 Å². The van der Waals surface area contributed by atoms with Crippen LogP contribution in [0.3, 0.4) is 0 Å². The van der Waals surface area contributed by atoms with E-state index in [0.717, 1.165) is 19.4 Å². The zero-order valence-electron chi connectivity index (χ0n) is 11.6. The zero-order valence-corrected chi connectivity index (χ0v) is 11.6. The van der Waals surface area contributed by atoms with Gasteiger partial charge in [-0.25, -0.2) is 0 Å². The van der Waals surface area contributed by atoms with Crippen LogP contribution in [0.5, 0.6) is 5.88 Å². The van der Waals surface area contributed by atoms with E-state index in [2.05, 4.69) is 41.2 Å². The van der Waals surface area contributed by atoms with E-state index < -0.39 is 0 Å². The molecule has 0 fully saturated rings. The van der Waals surface area contributed by atoms with Crippen molar-refractivity contribution in [2.24, 2.45) is 0 Å². The Kier molecular flexibility index (Phi) is 5.64. The average Bonchev–Trinajstić information content (AvgIpc) is 2.33. The van der Waals surface area contributed by atoms with Crippen molar-refractivity contribution in [1.29, 1.82) is 0 Å². The molecule has 0 aromatic carbocycles. The molecule has 0 unspecified atom stereocenters. The average molecular weight is 253 g/mol. The van der Waals surface area contributed by atoms with E-state index in [4.69, 9.17) is 10.5 Å². The molecule has 0 saturated carbocycles. The smallest absolute Gasteiger partial charge is 0.225 e. The van der Waals surface area contributed by atoms with E-state index in [1.54, 1.807) is 13.2 Å². The molecule has 0 saturated heterocycles. The molecule has 1 heterocycles. The fourth-order valence-electron chi connectivity index (χ4n) is 1.74. The molecule has 1 aromatic heterocycles. The summed E-state index contributed by atoms with van der Waals surface area (Å²) in [6, 6.07) is 2.21. The highest BCUT2D eigenvalue weighted by Gasteiger charge is 2.10. The number of aromatic nitrogens is 2. The molecule has 0 aliphatic rings. The number of nitrogens with two attached hydrogens (primary N) is 1. The van der Waals surface area contributed by atoms with Gasteiger partial charge in [0, 0.05) is 18.7 Å². The van der Waals surface area contributed by atoms with Gasteiger partial charge >= 0.3 is 0 Å². The first kappa shape index (κ1) is 14.5. The Balaban J connectivity index is 2.63. The summed E-state index contributed by atoms with van der Waals surface area (Å²) < 4.78 is 5.06. The van der Waals surface area contributed by atoms with Crippen molar-refractivity contribution in [3.63, 3.8) is 0 Å². The monoisotopic (exact) mass is 253 g/mol. The Hall–Kier alpha value is -1.56. The lowest BCUT2D eigenvalue weighted by Crippen LogP contribution is -2.34. The standard InChI is InChI=1S/C12H23N5O/c1-5-6-9(17(2)3)8-14-10-7-11(18-4)16-12(13)15-10/h7,9H,5-6,8H2,1-4H3,(H3,13,14,15,16)/t9-/m0/s1. The Labute approximate surface area is 109 Å². The van der Waals surface area contributed by atoms with E-state index in [9.17, 15) is 0 Å². The molecule has 0 aliphatic carbocycles. The minimum Gasteiger partial charge on any atom is -0.481 e. The van der Waals surface area contributed by atoms with Gasteiger partial charge in [0.05, 0.1) is 7.11 Å². The van der Waals surface area contributed by atoms with Crippen LogP contribution in [0.25, 0.3) is 0 Å². The number of anilines is 2. The Morgan fingerprint density at radius 1 is 1.44 bits per heavy atom. The first-order valence-electron chi connectivity index (χ1n) is 6.15. The van der Waals surface area contributed by atoms with E-state index in [-0.39, 0.29) is 5.95 Å². The molecular weight excluding hydrogens is 230 g/mol. The second kappa shape index (κ2) is 7.00. The number of nitrogen functional groups attached to an aromatic ring is 1. The van der Waals surface area contributed by atoms with Gasteiger partial charge in [-0.15, -0.1) is 0 Å². The summed E-state index contributed by atoms with van der Waals surface area (Å²) in [5, 5.41) is 3.27. The highest BCUT2D eigenvalue weighted by atomic mass is 16.5. The fourth-order valence-corrected chi connectivity index (χ4v) is 1.74. The molecule has 102 valence electrons. The Morgan fingerprint density at radius 2 is 2.17 bits per heavy atom. The number of hydrogen-bond acceptors (Lipinski definition) is 6. The highest BCUT2D eigenvalue weighted by Crippen LogP contribution is 2.14. The first-order chi connectivity index (χ1) is 8.56. The normalized spacial score (nSPS) is 12.5. The molecule has 1 rings (SSSR count). The largest absolute Gasteiger partial charge is 0.481 e. The summed E-state index contributed by atoms with van der Waals surface area (Å²) in [4.78, 5) is 10.3. The van der Waals surface area contributed by atoms with Gasteiger partial charge < -0.3 is 20.7 Å². The van der Waals surface area contributed by atoms with Gasteiger partial charge in [0.1, 0.15) is 5.82 Å². The number of rotatable bonds is 7. The molecule has 0 amide bonds. The molecule has 0 bridgehead atoms. The van der Waals surface area contributed by atoms with Crippen LogP contribution < -0.4 is 15.8 Å². The van der Waals surface area contributed by atoms with Crippen LogP contribution in [-0.4, -0.2) is 48.7 Å². The minimum absolute atomic E-state index is 0.216. The summed E-state index contributed by atoms with van der Waals surface area (Å²) in [6.07, 6.45) is 2.29. The molecular formula is C12H23N5O. The predicted octanol–water partition coefficient (Wildman–Crippen LogP) is 1.21. The van der Waals surface area contributed by atoms with Crippen LogP contribution in [-0.2, 0) is 0 Å². The predicted molar refractivity (Wildman–Crippen MR) is 73.9 cm³/mol. The third kappa shape index (κ3) is 4.37. The maximum absolute atomic E-state index is 5.61. The highest BCUT2D eigenvalue weighted by molar-refractivity contribution is 5.42. The maximum atomic E-state index is 5.61. The molecule has 0 radical (unpaired) electrons. The van der Waals surface area contributed by atoms with E-state index in [1.807, 2.05) is 0 Å². The third-order valence-electron chi connectivity index (χ3n) is 2.80. The van der Waals surface area contributed by atoms with Gasteiger partial charge in [-0.2, -0.15) is 9.97 Å². The molecule has 0 spiro atoms. The lowest BCUT2D eigenvalue weighted by atomic mass is 10.1. The fraction of sp³-hybridized carbons (Fsp3) is 0.667. The molecule has 3 N–H and O–H groups in total. The number of nitrogens with zero attached hydrogens (tertiary/aromatic N) is 3. The number of methoxy groups -OCH3 is 1. The van der Waals surface area contributed by atoms with E-state index in [1.165, 1.54) is 0 Å². The van der Waals surface area contributed by atoms with Crippen LogP contribution in [0, 0.1) is 0 Å².